The standard InChI is InChI=1S/C15H18N2O2/c1-2-3-4-7-11-10-14(17-16-11)12-8-5-6-9-13(12)15(18)19/h5-6,8-10H,2-4,7H2,1H3,(H,16,17)(H,18,19). The molecule has 0 saturated heterocycles. The summed E-state index contributed by atoms with van der Waals surface area (Å²) in [6.07, 6.45) is 4.46. The van der Waals surface area contributed by atoms with Crippen molar-refractivity contribution in [3.63, 3.8) is 0 Å². The highest BCUT2D eigenvalue weighted by molar-refractivity contribution is 5.95. The molecule has 0 aliphatic heterocycles. The van der Waals surface area contributed by atoms with Crippen molar-refractivity contribution in [2.24, 2.45) is 0 Å². The normalized spacial score (nSPS) is 10.6. The number of aromatic nitrogens is 2. The van der Waals surface area contributed by atoms with Crippen molar-refractivity contribution in [3.05, 3.63) is 41.6 Å². The van der Waals surface area contributed by atoms with Crippen molar-refractivity contribution in [3.8, 4) is 11.3 Å². The minimum absolute atomic E-state index is 0.286. The Bertz CT molecular complexity index is 561. The predicted molar refractivity (Wildman–Crippen MR) is 74.2 cm³/mol. The molecule has 0 aliphatic rings. The zero-order valence-electron chi connectivity index (χ0n) is 11.0. The van der Waals surface area contributed by atoms with Gasteiger partial charge in [-0.15, -0.1) is 0 Å². The molecule has 0 spiro atoms. The Labute approximate surface area is 112 Å². The van der Waals surface area contributed by atoms with Gasteiger partial charge in [-0.2, -0.15) is 5.10 Å². The maximum Gasteiger partial charge on any atom is 0.336 e. The molecular formula is C15H18N2O2. The van der Waals surface area contributed by atoms with Gasteiger partial charge in [-0.25, -0.2) is 4.79 Å². The van der Waals surface area contributed by atoms with E-state index in [9.17, 15) is 4.79 Å². The smallest absolute Gasteiger partial charge is 0.336 e. The molecule has 0 aliphatic carbocycles. The number of nitrogens with one attached hydrogen (secondary N) is 1. The zero-order chi connectivity index (χ0) is 13.7. The van der Waals surface area contributed by atoms with E-state index in [1.165, 1.54) is 12.8 Å². The fraction of sp³-hybridized carbons (Fsp3) is 0.333. The van der Waals surface area contributed by atoms with E-state index in [0.717, 1.165) is 18.5 Å². The number of carbonyl (C=O) groups is 1. The summed E-state index contributed by atoms with van der Waals surface area (Å²) in [5, 5.41) is 16.4. The van der Waals surface area contributed by atoms with E-state index in [1.807, 2.05) is 12.1 Å². The third-order valence-electron chi connectivity index (χ3n) is 3.11. The van der Waals surface area contributed by atoms with Crippen LogP contribution in [0, 0.1) is 0 Å². The first-order valence-corrected chi connectivity index (χ1v) is 6.59. The summed E-state index contributed by atoms with van der Waals surface area (Å²) in [6.45, 7) is 2.17. The second-order valence-corrected chi connectivity index (χ2v) is 4.59. The Kier molecular flexibility index (Phi) is 4.34. The van der Waals surface area contributed by atoms with Crippen LogP contribution in [0.2, 0.25) is 0 Å². The van der Waals surface area contributed by atoms with E-state index < -0.39 is 5.97 Å². The first-order valence-electron chi connectivity index (χ1n) is 6.59. The largest absolute Gasteiger partial charge is 0.478 e. The first-order chi connectivity index (χ1) is 9.22. The topological polar surface area (TPSA) is 66.0 Å². The number of H-pyrrole nitrogens is 1. The third kappa shape index (κ3) is 3.22. The van der Waals surface area contributed by atoms with Gasteiger partial charge in [0.1, 0.15) is 0 Å². The highest BCUT2D eigenvalue weighted by Gasteiger charge is 2.13. The average molecular weight is 258 g/mol. The molecule has 1 heterocycles. The summed E-state index contributed by atoms with van der Waals surface area (Å²) in [4.78, 5) is 11.2. The van der Waals surface area contributed by atoms with Crippen LogP contribution in [0.1, 0.15) is 42.2 Å². The number of rotatable bonds is 6. The Morgan fingerprint density at radius 2 is 2.11 bits per heavy atom. The SMILES string of the molecule is CCCCCc1cc(-c2ccccc2C(=O)O)n[nH]1. The number of aryl methyl sites for hydroxylation is 1. The van der Waals surface area contributed by atoms with E-state index in [-0.39, 0.29) is 5.56 Å². The van der Waals surface area contributed by atoms with Crippen LogP contribution in [0.15, 0.2) is 30.3 Å². The highest BCUT2D eigenvalue weighted by atomic mass is 16.4. The van der Waals surface area contributed by atoms with Crippen LogP contribution < -0.4 is 0 Å². The minimum Gasteiger partial charge on any atom is -0.478 e. The van der Waals surface area contributed by atoms with Crippen molar-refractivity contribution in [2.45, 2.75) is 32.6 Å². The number of nitrogens with zero attached hydrogens (tertiary/aromatic N) is 1. The molecular weight excluding hydrogens is 240 g/mol. The predicted octanol–water partition coefficient (Wildman–Crippen LogP) is 3.51. The molecule has 0 amide bonds. The number of unbranched alkanes of at least 4 members (excludes halogenated alkanes) is 2. The van der Waals surface area contributed by atoms with Crippen molar-refractivity contribution < 1.29 is 9.90 Å². The Hall–Kier alpha value is -2.10. The summed E-state index contributed by atoms with van der Waals surface area (Å²) >= 11 is 0. The van der Waals surface area contributed by atoms with E-state index in [2.05, 4.69) is 17.1 Å². The summed E-state index contributed by atoms with van der Waals surface area (Å²) in [5.74, 6) is -0.925. The number of carboxylic acids is 1. The second-order valence-electron chi connectivity index (χ2n) is 4.59. The van der Waals surface area contributed by atoms with Gasteiger partial charge in [0.05, 0.1) is 11.3 Å². The fourth-order valence-electron chi connectivity index (χ4n) is 2.09. The quantitative estimate of drug-likeness (QED) is 0.779. The molecule has 1 aromatic carbocycles. The molecule has 4 nitrogen and oxygen atoms in total. The van der Waals surface area contributed by atoms with Gasteiger partial charge in [0.15, 0.2) is 0 Å². The maximum atomic E-state index is 11.2. The van der Waals surface area contributed by atoms with Crippen molar-refractivity contribution >= 4 is 5.97 Å². The van der Waals surface area contributed by atoms with Crippen LogP contribution >= 0.6 is 0 Å². The van der Waals surface area contributed by atoms with E-state index in [1.54, 1.807) is 18.2 Å². The number of benzene rings is 1. The molecule has 19 heavy (non-hydrogen) atoms. The zero-order valence-corrected chi connectivity index (χ0v) is 11.0. The summed E-state index contributed by atoms with van der Waals surface area (Å²) in [5.41, 5.74) is 2.70. The van der Waals surface area contributed by atoms with E-state index in [4.69, 9.17) is 5.11 Å². The first kappa shape index (κ1) is 13.3. The van der Waals surface area contributed by atoms with Crippen molar-refractivity contribution in [1.29, 1.82) is 0 Å². The molecule has 2 rings (SSSR count). The Morgan fingerprint density at radius 1 is 1.32 bits per heavy atom. The summed E-state index contributed by atoms with van der Waals surface area (Å²) in [6, 6.07) is 8.88. The van der Waals surface area contributed by atoms with Gasteiger partial charge in [0.25, 0.3) is 0 Å². The van der Waals surface area contributed by atoms with Gasteiger partial charge in [-0.3, -0.25) is 5.10 Å². The summed E-state index contributed by atoms with van der Waals surface area (Å²) < 4.78 is 0. The fourth-order valence-corrected chi connectivity index (χ4v) is 2.09. The molecule has 4 heteroatoms. The third-order valence-corrected chi connectivity index (χ3v) is 3.11. The lowest BCUT2D eigenvalue weighted by atomic mass is 10.0. The van der Waals surface area contributed by atoms with Crippen LogP contribution in [0.25, 0.3) is 11.3 Å². The lowest BCUT2D eigenvalue weighted by Crippen LogP contribution is -1.99. The van der Waals surface area contributed by atoms with Gasteiger partial charge in [-0.1, -0.05) is 38.0 Å². The van der Waals surface area contributed by atoms with Crippen molar-refractivity contribution in [2.75, 3.05) is 0 Å². The molecule has 100 valence electrons. The number of aromatic carboxylic acids is 1. The number of hydrogen-bond acceptors (Lipinski definition) is 2. The number of carboxylic acid groups (broad SMARTS) is 1. The van der Waals surface area contributed by atoms with E-state index >= 15 is 0 Å². The average Bonchev–Trinajstić information content (AvgIpc) is 2.88. The molecule has 2 aromatic rings. The van der Waals surface area contributed by atoms with Gasteiger partial charge in [0.2, 0.25) is 0 Å². The van der Waals surface area contributed by atoms with Gasteiger partial charge < -0.3 is 5.11 Å². The number of aromatic amines is 1. The molecule has 0 saturated carbocycles. The number of hydrogen-bond donors (Lipinski definition) is 2. The van der Waals surface area contributed by atoms with Gasteiger partial charge >= 0.3 is 5.97 Å². The molecule has 0 unspecified atom stereocenters. The van der Waals surface area contributed by atoms with Crippen LogP contribution in [0.5, 0.6) is 0 Å². The molecule has 0 fully saturated rings. The lowest BCUT2D eigenvalue weighted by Gasteiger charge is -2.01. The van der Waals surface area contributed by atoms with Crippen LogP contribution in [-0.4, -0.2) is 21.3 Å². The summed E-state index contributed by atoms with van der Waals surface area (Å²) in [7, 11) is 0. The molecule has 2 N–H and O–H groups in total. The van der Waals surface area contributed by atoms with Crippen LogP contribution in [0.3, 0.4) is 0 Å². The van der Waals surface area contributed by atoms with Crippen LogP contribution in [0.4, 0.5) is 0 Å². The van der Waals surface area contributed by atoms with Gasteiger partial charge in [-0.05, 0) is 25.0 Å². The molecule has 0 atom stereocenters. The Balaban J connectivity index is 2.21. The second kappa shape index (κ2) is 6.18. The van der Waals surface area contributed by atoms with Crippen molar-refractivity contribution in [1.82, 2.24) is 10.2 Å². The Morgan fingerprint density at radius 3 is 2.84 bits per heavy atom. The minimum atomic E-state index is -0.925. The lowest BCUT2D eigenvalue weighted by molar-refractivity contribution is 0.0697. The van der Waals surface area contributed by atoms with Gasteiger partial charge in [0, 0.05) is 11.3 Å². The molecule has 0 radical (unpaired) electrons. The molecule has 1 aromatic heterocycles. The highest BCUT2D eigenvalue weighted by Crippen LogP contribution is 2.22. The van der Waals surface area contributed by atoms with Crippen LogP contribution in [-0.2, 0) is 6.42 Å². The maximum absolute atomic E-state index is 11.2. The van der Waals surface area contributed by atoms with E-state index in [0.29, 0.717) is 11.3 Å². The molecule has 0 bridgehead atoms. The monoisotopic (exact) mass is 258 g/mol.